The maximum absolute atomic E-state index is 12.3. The van der Waals surface area contributed by atoms with Crippen molar-refractivity contribution >= 4 is 58.2 Å². The Hall–Kier alpha value is -2.90. The molecule has 0 saturated carbocycles. The lowest BCUT2D eigenvalue weighted by Crippen LogP contribution is -2.50. The van der Waals surface area contributed by atoms with E-state index in [0.717, 1.165) is 24.3 Å². The van der Waals surface area contributed by atoms with Crippen LogP contribution >= 0.6 is 23.8 Å². The number of halogens is 1. The smallest absolute Gasteiger partial charge is 0.250 e. The zero-order valence-electron chi connectivity index (χ0n) is 20.7. The Labute approximate surface area is 218 Å². The molecule has 1 fully saturated rings. The molecule has 3 rings (SSSR count). The summed E-state index contributed by atoms with van der Waals surface area (Å²) in [5, 5.41) is 6.43. The van der Waals surface area contributed by atoms with Crippen molar-refractivity contribution in [1.82, 2.24) is 10.2 Å². The molecule has 2 amide bonds. The van der Waals surface area contributed by atoms with Crippen LogP contribution in [0.2, 0.25) is 5.02 Å². The van der Waals surface area contributed by atoms with Gasteiger partial charge < -0.3 is 15.1 Å². The van der Waals surface area contributed by atoms with Gasteiger partial charge in [0.1, 0.15) is 0 Å². The normalized spacial score (nSPS) is 14.0. The van der Waals surface area contributed by atoms with E-state index >= 15 is 0 Å². The van der Waals surface area contributed by atoms with Crippen LogP contribution in [0.4, 0.5) is 11.4 Å². The molecule has 2 aromatic rings. The number of rotatable bonds is 6. The summed E-state index contributed by atoms with van der Waals surface area (Å²) in [5.74, 6) is 0.344. The van der Waals surface area contributed by atoms with Crippen molar-refractivity contribution in [2.45, 2.75) is 33.6 Å². The second kappa shape index (κ2) is 12.2. The van der Waals surface area contributed by atoms with Crippen LogP contribution in [0, 0.1) is 5.92 Å². The lowest BCUT2D eigenvalue weighted by atomic mass is 10.0. The highest BCUT2D eigenvalue weighted by molar-refractivity contribution is 7.80. The van der Waals surface area contributed by atoms with Gasteiger partial charge in [-0.3, -0.25) is 14.9 Å². The summed E-state index contributed by atoms with van der Waals surface area (Å²) in [5.41, 5.74) is 3.80. The first-order valence-electron chi connectivity index (χ1n) is 11.9. The van der Waals surface area contributed by atoms with Crippen molar-refractivity contribution in [2.24, 2.45) is 5.92 Å². The fourth-order valence-corrected chi connectivity index (χ4v) is 4.37. The minimum absolute atomic E-state index is 0.00609. The molecule has 1 saturated heterocycles. The Morgan fingerprint density at radius 2 is 1.66 bits per heavy atom. The van der Waals surface area contributed by atoms with Crippen LogP contribution in [0.15, 0.2) is 48.5 Å². The first kappa shape index (κ1) is 26.7. The number of benzene rings is 2. The standard InChI is InChI=1S/C27H33ClN4O2S/c1-18(2)21-8-5-20(6-9-21)7-12-25(33)30-27(35)29-22-10-11-24(23(28)17-22)31-13-15-32(16-14-31)26(34)19(3)4/h5-12,17-19H,13-16H2,1-4H3,(H2,29,30,33,35)/b12-7+. The number of nitrogens with one attached hydrogen (secondary N) is 2. The molecule has 0 aromatic heterocycles. The van der Waals surface area contributed by atoms with E-state index in [2.05, 4.69) is 41.5 Å². The lowest BCUT2D eigenvalue weighted by molar-refractivity contribution is -0.134. The molecule has 0 unspecified atom stereocenters. The molecule has 0 radical (unpaired) electrons. The van der Waals surface area contributed by atoms with Gasteiger partial charge in [-0.15, -0.1) is 0 Å². The number of nitrogens with zero attached hydrogens (tertiary/aromatic N) is 2. The molecule has 2 N–H and O–H groups in total. The van der Waals surface area contributed by atoms with Gasteiger partial charge in [0.15, 0.2) is 5.11 Å². The predicted molar refractivity (Wildman–Crippen MR) is 149 cm³/mol. The van der Waals surface area contributed by atoms with Crippen LogP contribution in [-0.2, 0) is 9.59 Å². The van der Waals surface area contributed by atoms with Gasteiger partial charge in [-0.05, 0) is 53.5 Å². The first-order valence-corrected chi connectivity index (χ1v) is 12.7. The summed E-state index contributed by atoms with van der Waals surface area (Å²) in [4.78, 5) is 28.5. The molecule has 8 heteroatoms. The second-order valence-electron chi connectivity index (χ2n) is 9.23. The fraction of sp³-hybridized carbons (Fsp3) is 0.370. The third kappa shape index (κ3) is 7.54. The summed E-state index contributed by atoms with van der Waals surface area (Å²) < 4.78 is 0. The highest BCUT2D eigenvalue weighted by Gasteiger charge is 2.24. The van der Waals surface area contributed by atoms with E-state index in [1.807, 2.05) is 43.0 Å². The summed E-state index contributed by atoms with van der Waals surface area (Å²) >= 11 is 11.8. The zero-order chi connectivity index (χ0) is 25.5. The third-order valence-corrected chi connectivity index (χ3v) is 6.41. The van der Waals surface area contributed by atoms with Crippen molar-refractivity contribution in [3.05, 3.63) is 64.7 Å². The first-order chi connectivity index (χ1) is 16.6. The van der Waals surface area contributed by atoms with Gasteiger partial charge in [0, 0.05) is 43.9 Å². The predicted octanol–water partition coefficient (Wildman–Crippen LogP) is 5.29. The Balaban J connectivity index is 1.51. The second-order valence-corrected chi connectivity index (χ2v) is 10.0. The number of carbonyl (C=O) groups is 2. The van der Waals surface area contributed by atoms with Crippen LogP contribution in [0.3, 0.4) is 0 Å². The Bertz CT molecular complexity index is 1090. The van der Waals surface area contributed by atoms with Gasteiger partial charge >= 0.3 is 0 Å². The highest BCUT2D eigenvalue weighted by atomic mass is 35.5. The molecule has 0 bridgehead atoms. The minimum atomic E-state index is -0.313. The molecular weight excluding hydrogens is 480 g/mol. The van der Waals surface area contributed by atoms with E-state index in [1.165, 1.54) is 11.6 Å². The number of piperazine rings is 1. The van der Waals surface area contributed by atoms with Crippen LogP contribution in [0.1, 0.15) is 44.7 Å². The quantitative estimate of drug-likeness (QED) is 0.406. The molecular formula is C27H33ClN4O2S. The Kier molecular flexibility index (Phi) is 9.29. The molecule has 1 aliphatic rings. The maximum atomic E-state index is 12.3. The van der Waals surface area contributed by atoms with Gasteiger partial charge in [-0.1, -0.05) is 63.6 Å². The molecule has 0 aliphatic carbocycles. The molecule has 2 aromatic carbocycles. The molecule has 1 heterocycles. The van der Waals surface area contributed by atoms with Crippen molar-refractivity contribution in [3.8, 4) is 0 Å². The average molecular weight is 513 g/mol. The summed E-state index contributed by atoms with van der Waals surface area (Å²) in [6.45, 7) is 10.9. The zero-order valence-corrected chi connectivity index (χ0v) is 22.2. The van der Waals surface area contributed by atoms with Crippen molar-refractivity contribution in [3.63, 3.8) is 0 Å². The van der Waals surface area contributed by atoms with Crippen LogP contribution < -0.4 is 15.5 Å². The third-order valence-electron chi connectivity index (χ3n) is 5.90. The average Bonchev–Trinajstić information content (AvgIpc) is 2.82. The fourth-order valence-electron chi connectivity index (χ4n) is 3.85. The number of thiocarbonyl (C=S) groups is 1. The minimum Gasteiger partial charge on any atom is -0.367 e. The maximum Gasteiger partial charge on any atom is 0.250 e. The van der Waals surface area contributed by atoms with Gasteiger partial charge in [0.25, 0.3) is 0 Å². The Morgan fingerprint density at radius 1 is 1.00 bits per heavy atom. The number of carbonyl (C=O) groups excluding carboxylic acids is 2. The van der Waals surface area contributed by atoms with Crippen molar-refractivity contribution in [2.75, 3.05) is 36.4 Å². The van der Waals surface area contributed by atoms with Gasteiger partial charge in [-0.25, -0.2) is 0 Å². The Morgan fingerprint density at radius 3 is 2.23 bits per heavy atom. The van der Waals surface area contributed by atoms with Crippen LogP contribution in [0.5, 0.6) is 0 Å². The summed E-state index contributed by atoms with van der Waals surface area (Å²) in [6.07, 6.45) is 3.21. The number of amides is 2. The number of hydrogen-bond acceptors (Lipinski definition) is 4. The van der Waals surface area contributed by atoms with E-state index in [-0.39, 0.29) is 22.8 Å². The monoisotopic (exact) mass is 512 g/mol. The summed E-state index contributed by atoms with van der Waals surface area (Å²) in [7, 11) is 0. The molecule has 1 aliphatic heterocycles. The number of hydrogen-bond donors (Lipinski definition) is 2. The molecule has 35 heavy (non-hydrogen) atoms. The largest absolute Gasteiger partial charge is 0.367 e. The van der Waals surface area contributed by atoms with Gasteiger partial charge in [-0.2, -0.15) is 0 Å². The van der Waals surface area contributed by atoms with Crippen molar-refractivity contribution < 1.29 is 9.59 Å². The molecule has 6 nitrogen and oxygen atoms in total. The van der Waals surface area contributed by atoms with E-state index in [0.29, 0.717) is 29.7 Å². The molecule has 186 valence electrons. The highest BCUT2D eigenvalue weighted by Crippen LogP contribution is 2.30. The van der Waals surface area contributed by atoms with Crippen molar-refractivity contribution in [1.29, 1.82) is 0 Å². The summed E-state index contributed by atoms with van der Waals surface area (Å²) in [6, 6.07) is 13.7. The van der Waals surface area contributed by atoms with E-state index in [9.17, 15) is 9.59 Å². The SMILES string of the molecule is CC(C)C(=O)N1CCN(c2ccc(NC(=S)NC(=O)/C=C/c3ccc(C(C)C)cc3)cc2Cl)CC1. The van der Waals surface area contributed by atoms with Crippen LogP contribution in [-0.4, -0.2) is 48.0 Å². The van der Waals surface area contributed by atoms with E-state index in [1.54, 1.807) is 12.1 Å². The van der Waals surface area contributed by atoms with E-state index in [4.69, 9.17) is 23.8 Å². The molecule has 0 atom stereocenters. The van der Waals surface area contributed by atoms with Gasteiger partial charge in [0.05, 0.1) is 10.7 Å². The topological polar surface area (TPSA) is 64.7 Å². The number of anilines is 2. The molecule has 0 spiro atoms. The van der Waals surface area contributed by atoms with E-state index < -0.39 is 0 Å². The van der Waals surface area contributed by atoms with Crippen LogP contribution in [0.25, 0.3) is 6.08 Å². The van der Waals surface area contributed by atoms with Gasteiger partial charge in [0.2, 0.25) is 11.8 Å². The lowest BCUT2D eigenvalue weighted by Gasteiger charge is -2.37.